The monoisotopic (exact) mass is 1690 g/mol. The zero-order valence-electron chi connectivity index (χ0n) is 71.7. The van der Waals surface area contributed by atoms with E-state index >= 15 is 0 Å². The van der Waals surface area contributed by atoms with E-state index in [4.69, 9.17) is 52.1 Å². The second-order valence-corrected chi connectivity index (χ2v) is 30.9. The SMILES string of the molecule is CC[C@H](C)[C@H](NC(=O)[C@H](C(C)C)N(C)C)C(=O)N(C)[C@H](C[C@@H](OC(C)=O)c1nc(C(=O)N[C@@H](Cc2ccc(O)c(NC(=O)[C@H](C)NC(=O)[C@@H](NC(=O)[C@H](CCCCNC(=O)COCCOCCOCCOCCOCCOCCOCCOCCOCCOC)NC(=O)CCCN3C(=O)C=CC3=O)C(C)C)c2)C[C@H](C)C(=O)O)cs1)C(C)C. The molecule has 0 aliphatic carbocycles. The minimum Gasteiger partial charge on any atom is -0.506 e. The highest BCUT2D eigenvalue weighted by Crippen LogP contribution is 2.32. The van der Waals surface area contributed by atoms with Crippen LogP contribution in [-0.4, -0.2) is 310 Å². The molecule has 118 heavy (non-hydrogen) atoms. The molecule has 0 radical (unpaired) electrons. The van der Waals surface area contributed by atoms with Gasteiger partial charge in [-0.2, -0.15) is 0 Å². The second kappa shape index (κ2) is 58.7. The molecule has 668 valence electrons. The number of hydrogen-bond donors (Lipinski definition) is 9. The Morgan fingerprint density at radius 3 is 1.62 bits per heavy atom. The number of nitrogens with one attached hydrogen (secondary N) is 7. The predicted molar refractivity (Wildman–Crippen MR) is 437 cm³/mol. The molecule has 2 heterocycles. The molecule has 10 atom stereocenters. The Balaban J connectivity index is 1.56. The number of carbonyl (C=O) groups is 12. The van der Waals surface area contributed by atoms with E-state index in [1.54, 1.807) is 47.0 Å². The van der Waals surface area contributed by atoms with E-state index in [2.05, 4.69) is 42.2 Å². The first-order chi connectivity index (χ1) is 56.2. The number of ether oxygens (including phenoxy) is 11. The summed E-state index contributed by atoms with van der Waals surface area (Å²) >= 11 is 1.05. The first-order valence-electron chi connectivity index (χ1n) is 40.6. The molecule has 1 aromatic heterocycles. The van der Waals surface area contributed by atoms with Gasteiger partial charge >= 0.3 is 11.9 Å². The van der Waals surface area contributed by atoms with Gasteiger partial charge in [0.15, 0.2) is 6.10 Å². The Morgan fingerprint density at radius 2 is 1.13 bits per heavy atom. The molecule has 0 fully saturated rings. The number of aromatic hydroxyl groups is 1. The molecule has 0 spiro atoms. The summed E-state index contributed by atoms with van der Waals surface area (Å²) < 4.78 is 60.0. The van der Waals surface area contributed by atoms with Crippen LogP contribution in [0.3, 0.4) is 0 Å². The Labute approximate surface area is 698 Å². The number of esters is 1. The van der Waals surface area contributed by atoms with Crippen LogP contribution in [-0.2, 0) is 111 Å². The number of rotatable bonds is 66. The van der Waals surface area contributed by atoms with Crippen LogP contribution >= 0.6 is 11.3 Å². The van der Waals surface area contributed by atoms with Crippen molar-refractivity contribution in [2.24, 2.45) is 29.6 Å². The fourth-order valence-corrected chi connectivity index (χ4v) is 13.2. The van der Waals surface area contributed by atoms with Crippen molar-refractivity contribution in [3.05, 3.63) is 52.0 Å². The summed E-state index contributed by atoms with van der Waals surface area (Å²) in [5, 5.41) is 42.1. The Hall–Kier alpha value is -8.21. The van der Waals surface area contributed by atoms with Crippen molar-refractivity contribution in [2.75, 3.05) is 172 Å². The van der Waals surface area contributed by atoms with Crippen molar-refractivity contribution in [2.45, 2.75) is 182 Å². The maximum atomic E-state index is 14.5. The topological polar surface area (TPSA) is 454 Å². The van der Waals surface area contributed by atoms with Gasteiger partial charge in [-0.15, -0.1) is 11.3 Å². The summed E-state index contributed by atoms with van der Waals surface area (Å²) in [5.74, 6) is -9.80. The van der Waals surface area contributed by atoms with Crippen molar-refractivity contribution in [3.8, 4) is 5.75 Å². The first-order valence-corrected chi connectivity index (χ1v) is 41.5. The summed E-state index contributed by atoms with van der Waals surface area (Å²) in [6.07, 6.45) is 2.43. The van der Waals surface area contributed by atoms with Crippen molar-refractivity contribution in [1.29, 1.82) is 0 Å². The lowest BCUT2D eigenvalue weighted by Gasteiger charge is -2.37. The van der Waals surface area contributed by atoms with Crippen LogP contribution in [0.4, 0.5) is 5.69 Å². The molecule has 0 unspecified atom stereocenters. The van der Waals surface area contributed by atoms with Crippen LogP contribution < -0.4 is 37.2 Å². The largest absolute Gasteiger partial charge is 0.506 e. The third-order valence-corrected chi connectivity index (χ3v) is 20.0. The molecule has 36 nitrogen and oxygen atoms in total. The van der Waals surface area contributed by atoms with Gasteiger partial charge in [0.05, 0.1) is 137 Å². The summed E-state index contributed by atoms with van der Waals surface area (Å²) in [7, 11) is 6.88. The average Bonchev–Trinajstić information content (AvgIpc) is 1.31. The van der Waals surface area contributed by atoms with Gasteiger partial charge in [0.25, 0.3) is 17.7 Å². The second-order valence-electron chi connectivity index (χ2n) is 30.0. The van der Waals surface area contributed by atoms with Crippen LogP contribution in [0, 0.1) is 29.6 Å². The number of methoxy groups -OCH3 is 1. The fourth-order valence-electron chi connectivity index (χ4n) is 12.4. The number of imide groups is 1. The van der Waals surface area contributed by atoms with E-state index < -0.39 is 119 Å². The predicted octanol–water partition coefficient (Wildman–Crippen LogP) is 3.75. The van der Waals surface area contributed by atoms with E-state index in [9.17, 15) is 67.7 Å². The molecule has 0 bridgehead atoms. The normalized spacial score (nSPS) is 14.8. The highest BCUT2D eigenvalue weighted by molar-refractivity contribution is 7.09. The number of aromatic nitrogens is 1. The molecule has 10 amide bonds. The first kappa shape index (κ1) is 104. The van der Waals surface area contributed by atoms with E-state index in [1.807, 2.05) is 46.4 Å². The van der Waals surface area contributed by atoms with Crippen LogP contribution in [0.1, 0.15) is 155 Å². The maximum absolute atomic E-state index is 14.5. The lowest BCUT2D eigenvalue weighted by atomic mass is 9.92. The van der Waals surface area contributed by atoms with E-state index in [0.717, 1.165) is 28.4 Å². The summed E-state index contributed by atoms with van der Waals surface area (Å²) in [6.45, 7) is 26.1. The summed E-state index contributed by atoms with van der Waals surface area (Å²) in [6, 6.07) is -2.32. The maximum Gasteiger partial charge on any atom is 0.306 e. The molecule has 1 aliphatic heterocycles. The Bertz CT molecular complexity index is 3390. The Kier molecular flexibility index (Phi) is 51.7. The fraction of sp³-hybridized carbons (Fsp3) is 0.716. The van der Waals surface area contributed by atoms with Crippen molar-refractivity contribution in [3.63, 3.8) is 0 Å². The molecule has 2 aromatic rings. The number of carboxylic acids is 1. The number of unbranched alkanes of at least 4 members (excludes halogenated alkanes) is 1. The minimum absolute atomic E-state index is 0.0211. The molecule has 3 rings (SSSR count). The average molecular weight is 1690 g/mol. The molecule has 0 saturated heterocycles. The van der Waals surface area contributed by atoms with Crippen molar-refractivity contribution >= 4 is 88.0 Å². The molecule has 9 N–H and O–H groups in total. The quantitative estimate of drug-likeness (QED) is 0.0197. The van der Waals surface area contributed by atoms with Gasteiger partial charge in [0.1, 0.15) is 47.2 Å². The molecule has 37 heteroatoms. The number of hydrogen-bond acceptors (Lipinski definition) is 27. The number of anilines is 1. The standard InChI is InChI=1S/C81H133N11O25S/c1-16-55(8)72(89-78(103)73(54(6)7)90(12)13)80(104)91(14)64(52(2)3)49-66(117-58(11)93)79-87-63(51-118-79)76(101)84-60(46-56(9)81(105)106)47-59-22-23-65(94)62(48-59)86-74(99)57(10)83-77(102)71(53(4)5)88-75(100)61(85-67(95)21-19-27-92-69(97)24-25-70(92)98)20-17-18-26-82-68(96)50-116-45-44-115-43-42-114-41-40-113-39-38-112-37-36-111-35-34-110-33-32-109-31-30-108-29-28-107-15/h22-25,48,51-57,60-61,64,66,71-73,94H,16-21,26-47,49-50H2,1-15H3,(H,82,96)(H,83,102)(H,84,101)(H,85,95)(H,86,99)(H,88,100)(H,89,103)(H,105,106)/t55-,56-,57-,60+,61-,64+,66+,71-,72-,73-/m0/s1. The van der Waals surface area contributed by atoms with Crippen molar-refractivity contribution < 1.29 is 120 Å². The molecule has 1 aliphatic rings. The van der Waals surface area contributed by atoms with Gasteiger partial charge in [-0.3, -0.25) is 67.3 Å². The van der Waals surface area contributed by atoms with Gasteiger partial charge in [0.2, 0.25) is 41.4 Å². The molecular formula is C81H133N11O25S. The number of likely N-dealkylation sites (N-methyl/N-ethyl adjacent to an activating group) is 2. The zero-order chi connectivity index (χ0) is 87.7. The minimum atomic E-state index is -1.29. The number of amides is 10. The van der Waals surface area contributed by atoms with Crippen LogP contribution in [0.5, 0.6) is 5.75 Å². The van der Waals surface area contributed by atoms with Gasteiger partial charge in [0, 0.05) is 76.6 Å². The number of phenols is 1. The van der Waals surface area contributed by atoms with Crippen LogP contribution in [0.25, 0.3) is 0 Å². The number of thiazole rings is 1. The molecular weight excluding hydrogens is 1560 g/mol. The number of nitrogens with zero attached hydrogens (tertiary/aromatic N) is 4. The number of carboxylic acid groups (broad SMARTS) is 1. The number of benzene rings is 1. The smallest absolute Gasteiger partial charge is 0.306 e. The summed E-state index contributed by atoms with van der Waals surface area (Å²) in [4.78, 5) is 169. The number of phenolic OH excluding ortho intramolecular Hbond substituents is 1. The van der Waals surface area contributed by atoms with Crippen LogP contribution in [0.2, 0.25) is 0 Å². The highest BCUT2D eigenvalue weighted by atomic mass is 32.1. The van der Waals surface area contributed by atoms with Crippen molar-refractivity contribution in [1.82, 2.24) is 51.6 Å². The van der Waals surface area contributed by atoms with Crippen LogP contribution in [0.15, 0.2) is 35.7 Å². The van der Waals surface area contributed by atoms with Gasteiger partial charge in [-0.05, 0) is 101 Å². The van der Waals surface area contributed by atoms with Gasteiger partial charge < -0.3 is 104 Å². The number of carbonyl (C=O) groups excluding carboxylic acids is 11. The van der Waals surface area contributed by atoms with E-state index in [-0.39, 0.29) is 123 Å². The van der Waals surface area contributed by atoms with Gasteiger partial charge in [-0.1, -0.05) is 74.8 Å². The lowest BCUT2D eigenvalue weighted by Crippen LogP contribution is -2.58. The third-order valence-electron chi connectivity index (χ3n) is 19.1. The summed E-state index contributed by atoms with van der Waals surface area (Å²) in [5.41, 5.74) is 0.263. The molecule has 1 aromatic carbocycles. The number of aliphatic carboxylic acids is 1. The Morgan fingerprint density at radius 1 is 0.593 bits per heavy atom. The van der Waals surface area contributed by atoms with Gasteiger partial charge in [-0.25, -0.2) is 4.98 Å². The highest BCUT2D eigenvalue weighted by Gasteiger charge is 2.39. The third kappa shape index (κ3) is 41.2. The van der Waals surface area contributed by atoms with E-state index in [0.29, 0.717) is 131 Å². The molecule has 0 saturated carbocycles. The van der Waals surface area contributed by atoms with E-state index in [1.165, 1.54) is 44.4 Å². The zero-order valence-corrected chi connectivity index (χ0v) is 72.5. The lowest BCUT2D eigenvalue weighted by molar-refractivity contribution is -0.149.